The van der Waals surface area contributed by atoms with Crippen molar-refractivity contribution in [2.45, 2.75) is 141 Å². The van der Waals surface area contributed by atoms with Gasteiger partial charge in [0.25, 0.3) is 0 Å². The fraction of sp³-hybridized carbons (Fsp3) is 0.852. The third-order valence-electron chi connectivity index (χ3n) is 8.28. The van der Waals surface area contributed by atoms with Gasteiger partial charge in [-0.25, -0.2) is 4.79 Å². The van der Waals surface area contributed by atoms with Crippen molar-refractivity contribution < 1.29 is 18.8 Å². The highest BCUT2D eigenvalue weighted by Gasteiger charge is 2.45. The van der Waals surface area contributed by atoms with Gasteiger partial charge in [-0.2, -0.15) is 0 Å². The van der Waals surface area contributed by atoms with Crippen molar-refractivity contribution in [3.8, 4) is 0 Å². The highest BCUT2D eigenvalue weighted by atomic mass is 16.6. The largest absolute Gasteiger partial charge is 0.444 e. The van der Waals surface area contributed by atoms with Crippen LogP contribution in [0.4, 0.5) is 4.79 Å². The average Bonchev–Trinajstić information content (AvgIpc) is 3.42. The lowest BCUT2D eigenvalue weighted by atomic mass is 9.72. The van der Waals surface area contributed by atoms with E-state index in [0.29, 0.717) is 23.9 Å². The van der Waals surface area contributed by atoms with E-state index in [0.717, 1.165) is 31.4 Å². The molecule has 2 aliphatic heterocycles. The first-order chi connectivity index (χ1) is 15.6. The van der Waals surface area contributed by atoms with Crippen LogP contribution >= 0.6 is 0 Å². The third-order valence-corrected chi connectivity index (χ3v) is 8.28. The van der Waals surface area contributed by atoms with Gasteiger partial charge in [-0.3, -0.25) is 0 Å². The van der Waals surface area contributed by atoms with Gasteiger partial charge in [0.1, 0.15) is 11.4 Å². The molecule has 2 aliphatic carbocycles. The Morgan fingerprint density at radius 3 is 2.24 bits per heavy atom. The zero-order chi connectivity index (χ0) is 23.4. The highest BCUT2D eigenvalue weighted by Crippen LogP contribution is 2.48. The Labute approximate surface area is 198 Å². The van der Waals surface area contributed by atoms with E-state index in [1.54, 1.807) is 0 Å². The molecule has 1 aromatic rings. The number of fused-ring (bicyclic) bond motifs is 2. The number of ether oxygens (including phenoxy) is 2. The first-order valence-corrected chi connectivity index (χ1v) is 13.2. The van der Waals surface area contributed by atoms with Crippen molar-refractivity contribution in [1.29, 1.82) is 0 Å². The lowest BCUT2D eigenvalue weighted by Crippen LogP contribution is -2.50. The van der Waals surface area contributed by atoms with Gasteiger partial charge >= 0.3 is 6.09 Å². The fourth-order valence-corrected chi connectivity index (χ4v) is 6.22. The summed E-state index contributed by atoms with van der Waals surface area (Å²) in [5, 5.41) is 4.60. The van der Waals surface area contributed by atoms with E-state index in [2.05, 4.69) is 19.0 Å². The molecular weight excluding hydrogens is 416 g/mol. The Bertz CT molecular complexity index is 842. The minimum Gasteiger partial charge on any atom is -0.444 e. The molecule has 4 aliphatic rings. The Kier molecular flexibility index (Phi) is 6.03. The van der Waals surface area contributed by atoms with Crippen molar-refractivity contribution in [2.75, 3.05) is 0 Å². The second-order valence-electron chi connectivity index (χ2n) is 12.8. The fourth-order valence-electron chi connectivity index (χ4n) is 6.22. The minimum absolute atomic E-state index is 0.161. The molecule has 6 heteroatoms. The summed E-state index contributed by atoms with van der Waals surface area (Å²) in [5.41, 5.74) is 2.39. The normalized spacial score (nSPS) is 30.0. The lowest BCUT2D eigenvalue weighted by Gasteiger charge is -2.39. The number of nitrogens with zero attached hydrogens (tertiary/aromatic N) is 2. The van der Waals surface area contributed by atoms with Crippen LogP contribution in [0.2, 0.25) is 0 Å². The lowest BCUT2D eigenvalue weighted by molar-refractivity contribution is -0.0400. The van der Waals surface area contributed by atoms with Crippen LogP contribution in [0.1, 0.15) is 128 Å². The molecule has 2 saturated heterocycles. The Morgan fingerprint density at radius 1 is 1.03 bits per heavy atom. The van der Waals surface area contributed by atoms with E-state index < -0.39 is 5.60 Å². The van der Waals surface area contributed by atoms with Crippen LogP contribution in [0.25, 0.3) is 0 Å². The molecule has 33 heavy (non-hydrogen) atoms. The maximum atomic E-state index is 12.8. The number of amides is 1. The zero-order valence-corrected chi connectivity index (χ0v) is 21.2. The molecule has 1 amide bonds. The maximum Gasteiger partial charge on any atom is 0.410 e. The Hall–Kier alpha value is -1.56. The first kappa shape index (κ1) is 23.2. The Morgan fingerprint density at radius 2 is 1.67 bits per heavy atom. The number of aromatic nitrogens is 1. The van der Waals surface area contributed by atoms with Crippen LogP contribution in [0.15, 0.2) is 4.52 Å². The van der Waals surface area contributed by atoms with Gasteiger partial charge in [0.2, 0.25) is 0 Å². The van der Waals surface area contributed by atoms with E-state index in [9.17, 15) is 4.79 Å². The summed E-state index contributed by atoms with van der Waals surface area (Å²) >= 11 is 0. The summed E-state index contributed by atoms with van der Waals surface area (Å²) in [5.74, 6) is 2.12. The summed E-state index contributed by atoms with van der Waals surface area (Å²) in [7, 11) is 0. The molecule has 3 heterocycles. The van der Waals surface area contributed by atoms with E-state index in [1.165, 1.54) is 49.8 Å². The van der Waals surface area contributed by atoms with E-state index in [-0.39, 0.29) is 24.3 Å². The molecule has 2 unspecified atom stereocenters. The second kappa shape index (κ2) is 8.58. The second-order valence-corrected chi connectivity index (χ2v) is 12.8. The molecule has 2 bridgehead atoms. The Balaban J connectivity index is 1.23. The summed E-state index contributed by atoms with van der Waals surface area (Å²) in [6, 6.07) is 0.461. The van der Waals surface area contributed by atoms with Crippen LogP contribution in [-0.2, 0) is 16.1 Å². The number of piperidine rings is 1. The number of hydrogen-bond acceptors (Lipinski definition) is 5. The van der Waals surface area contributed by atoms with Crippen LogP contribution in [0.3, 0.4) is 0 Å². The van der Waals surface area contributed by atoms with Crippen LogP contribution in [0.5, 0.6) is 0 Å². The van der Waals surface area contributed by atoms with Crippen molar-refractivity contribution in [3.05, 3.63) is 17.0 Å². The monoisotopic (exact) mass is 458 g/mol. The van der Waals surface area contributed by atoms with E-state index in [1.807, 2.05) is 25.7 Å². The smallest absolute Gasteiger partial charge is 0.410 e. The molecule has 1 aromatic heterocycles. The molecular formula is C27H42N2O4. The minimum atomic E-state index is -0.456. The summed E-state index contributed by atoms with van der Waals surface area (Å²) in [6.45, 7) is 11.2. The maximum absolute atomic E-state index is 12.8. The predicted octanol–water partition coefficient (Wildman–Crippen LogP) is 6.68. The summed E-state index contributed by atoms with van der Waals surface area (Å²) in [4.78, 5) is 14.8. The average molecular weight is 459 g/mol. The summed E-state index contributed by atoms with van der Waals surface area (Å²) in [6.07, 6.45) is 11.2. The first-order valence-electron chi connectivity index (χ1n) is 13.2. The van der Waals surface area contributed by atoms with Crippen molar-refractivity contribution in [2.24, 2.45) is 5.41 Å². The van der Waals surface area contributed by atoms with Crippen LogP contribution < -0.4 is 0 Å². The van der Waals surface area contributed by atoms with E-state index >= 15 is 0 Å². The molecule has 0 aromatic carbocycles. The molecule has 5 rings (SSSR count). The number of carbonyl (C=O) groups is 1. The van der Waals surface area contributed by atoms with E-state index in [4.69, 9.17) is 14.0 Å². The number of hydrogen-bond donors (Lipinski definition) is 0. The molecule has 0 N–H and O–H groups in total. The van der Waals surface area contributed by atoms with Crippen molar-refractivity contribution in [3.63, 3.8) is 0 Å². The molecule has 2 atom stereocenters. The van der Waals surface area contributed by atoms with Gasteiger partial charge in [0.15, 0.2) is 0 Å². The quantitative estimate of drug-likeness (QED) is 0.492. The number of carbonyl (C=O) groups excluding carboxylic acids is 1. The van der Waals surface area contributed by atoms with Gasteiger partial charge < -0.3 is 18.9 Å². The van der Waals surface area contributed by atoms with Crippen LogP contribution in [-0.4, -0.2) is 39.9 Å². The van der Waals surface area contributed by atoms with Gasteiger partial charge in [-0.1, -0.05) is 19.0 Å². The van der Waals surface area contributed by atoms with Gasteiger partial charge in [-0.15, -0.1) is 0 Å². The highest BCUT2D eigenvalue weighted by molar-refractivity contribution is 5.69. The summed E-state index contributed by atoms with van der Waals surface area (Å²) < 4.78 is 18.1. The van der Waals surface area contributed by atoms with Crippen LogP contribution in [0, 0.1) is 5.41 Å². The molecule has 0 radical (unpaired) electrons. The standard InChI is InChI=1S/C27H42N2O4/c1-26(2,3)32-25(30)29-19-8-9-20(29)15-21(14-19)31-16-22-23(28-33-24(22)18-6-7-18)17-10-12-27(4,5)13-11-17/h17-21H,6-16H2,1-5H3. The SMILES string of the molecule is CC1(C)CCC(c2noc(C3CC3)c2COC2CC3CCC(C2)N3C(=O)OC(C)(C)C)CC1. The van der Waals surface area contributed by atoms with Gasteiger partial charge in [0.05, 0.1) is 18.4 Å². The zero-order valence-electron chi connectivity index (χ0n) is 21.2. The van der Waals surface area contributed by atoms with Crippen molar-refractivity contribution in [1.82, 2.24) is 10.1 Å². The molecule has 6 nitrogen and oxygen atoms in total. The van der Waals surface area contributed by atoms with Gasteiger partial charge in [0, 0.05) is 29.5 Å². The molecule has 4 fully saturated rings. The molecule has 0 spiro atoms. The number of rotatable bonds is 5. The molecule has 184 valence electrons. The van der Waals surface area contributed by atoms with Crippen molar-refractivity contribution >= 4 is 6.09 Å². The predicted molar refractivity (Wildman–Crippen MR) is 126 cm³/mol. The molecule has 2 saturated carbocycles. The third kappa shape index (κ3) is 5.11. The topological polar surface area (TPSA) is 64.8 Å². The van der Waals surface area contributed by atoms with Gasteiger partial charge in [-0.05, 0) is 90.4 Å².